The quantitative estimate of drug-likeness (QED) is 0.445. The maximum absolute atomic E-state index is 13.0. The van der Waals surface area contributed by atoms with E-state index in [0.717, 1.165) is 0 Å². The van der Waals surface area contributed by atoms with E-state index in [1.165, 1.54) is 0 Å². The minimum Gasteiger partial charge on any atom is -0.480 e. The molecule has 3 N–H and O–H groups in total. The number of alkyl carbamates (subject to hydrolysis) is 1. The van der Waals surface area contributed by atoms with Crippen molar-refractivity contribution in [2.75, 3.05) is 25.1 Å². The Bertz CT molecular complexity index is 659. The number of ether oxygens (including phenoxy) is 1. The first-order valence-corrected chi connectivity index (χ1v) is 12.6. The van der Waals surface area contributed by atoms with E-state index in [4.69, 9.17) is 4.74 Å². The topological polar surface area (TPSA) is 125 Å². The van der Waals surface area contributed by atoms with Crippen LogP contribution in [-0.2, 0) is 19.1 Å². The number of carboxylic acids is 1. The molecule has 0 bridgehead atoms. The minimum atomic E-state index is -1.04. The van der Waals surface area contributed by atoms with E-state index in [-0.39, 0.29) is 23.7 Å². The van der Waals surface area contributed by atoms with E-state index in [1.54, 1.807) is 44.4 Å². The second-order valence-electron chi connectivity index (χ2n) is 9.29. The molecule has 3 amide bonds. The molecule has 3 atom stereocenters. The first-order chi connectivity index (χ1) is 14.9. The van der Waals surface area contributed by atoms with Crippen molar-refractivity contribution >= 4 is 35.6 Å². The maximum Gasteiger partial charge on any atom is 0.408 e. The van der Waals surface area contributed by atoms with E-state index in [9.17, 15) is 24.3 Å². The van der Waals surface area contributed by atoms with Gasteiger partial charge in [-0.15, -0.1) is 0 Å². The number of carbonyl (C=O) groups is 4. The summed E-state index contributed by atoms with van der Waals surface area (Å²) in [6.07, 6.45) is 3.33. The Hall–Kier alpha value is -1.97. The summed E-state index contributed by atoms with van der Waals surface area (Å²) in [5.41, 5.74) is -0.661. The molecule has 0 aromatic carbocycles. The molecular formula is C22H39N3O6S. The summed E-state index contributed by atoms with van der Waals surface area (Å²) >= 11 is 1.59. The molecule has 1 saturated heterocycles. The van der Waals surface area contributed by atoms with Crippen LogP contribution in [0.1, 0.15) is 60.3 Å². The molecule has 9 nitrogen and oxygen atoms in total. The number of hydrogen-bond acceptors (Lipinski definition) is 6. The Morgan fingerprint density at radius 2 is 1.75 bits per heavy atom. The lowest BCUT2D eigenvalue weighted by Crippen LogP contribution is -2.53. The highest BCUT2D eigenvalue weighted by Crippen LogP contribution is 2.20. The number of hydrogen-bond donors (Lipinski definition) is 3. The number of piperidine rings is 1. The Kier molecular flexibility index (Phi) is 11.3. The van der Waals surface area contributed by atoms with E-state index in [2.05, 4.69) is 10.6 Å². The highest BCUT2D eigenvalue weighted by molar-refractivity contribution is 7.98. The molecule has 0 spiro atoms. The summed E-state index contributed by atoms with van der Waals surface area (Å²) in [6.45, 7) is 9.72. The number of rotatable bonds is 10. The van der Waals surface area contributed by atoms with Crippen LogP contribution in [0.15, 0.2) is 0 Å². The van der Waals surface area contributed by atoms with Gasteiger partial charge in [0.2, 0.25) is 11.8 Å². The number of thioether (sulfide) groups is 1. The highest BCUT2D eigenvalue weighted by Gasteiger charge is 2.34. The molecule has 1 aliphatic rings. The number of nitrogens with zero attached hydrogens (tertiary/aromatic N) is 1. The molecule has 0 unspecified atom stereocenters. The summed E-state index contributed by atoms with van der Waals surface area (Å²) < 4.78 is 5.29. The third kappa shape index (κ3) is 9.26. The van der Waals surface area contributed by atoms with Crippen molar-refractivity contribution < 1.29 is 29.0 Å². The summed E-state index contributed by atoms with van der Waals surface area (Å²) in [5.74, 6) is -1.31. The molecule has 0 aromatic rings. The molecule has 0 aliphatic carbocycles. The van der Waals surface area contributed by atoms with Crippen molar-refractivity contribution in [3.63, 3.8) is 0 Å². The molecule has 1 fully saturated rings. The van der Waals surface area contributed by atoms with Crippen LogP contribution >= 0.6 is 11.8 Å². The van der Waals surface area contributed by atoms with E-state index >= 15 is 0 Å². The van der Waals surface area contributed by atoms with Crippen LogP contribution in [0.4, 0.5) is 4.79 Å². The lowest BCUT2D eigenvalue weighted by Gasteiger charge is -2.34. The van der Waals surface area contributed by atoms with Crippen LogP contribution in [-0.4, -0.2) is 76.7 Å². The molecule has 32 heavy (non-hydrogen) atoms. The van der Waals surface area contributed by atoms with Crippen molar-refractivity contribution in [1.82, 2.24) is 15.5 Å². The van der Waals surface area contributed by atoms with Crippen LogP contribution in [0, 0.1) is 11.8 Å². The zero-order valence-electron chi connectivity index (χ0n) is 20.1. The maximum atomic E-state index is 13.0. The minimum absolute atomic E-state index is 0.172. The Morgan fingerprint density at radius 3 is 2.22 bits per heavy atom. The molecule has 0 saturated carbocycles. The zero-order chi connectivity index (χ0) is 24.5. The van der Waals surface area contributed by atoms with Crippen LogP contribution in [0.25, 0.3) is 0 Å². The third-order valence-corrected chi connectivity index (χ3v) is 6.20. The van der Waals surface area contributed by atoms with Gasteiger partial charge in [-0.05, 0) is 58.0 Å². The van der Waals surface area contributed by atoms with Crippen LogP contribution < -0.4 is 10.6 Å². The van der Waals surface area contributed by atoms with Gasteiger partial charge in [0, 0.05) is 19.0 Å². The zero-order valence-corrected chi connectivity index (χ0v) is 20.9. The predicted octanol–water partition coefficient (Wildman–Crippen LogP) is 2.49. The third-order valence-electron chi connectivity index (χ3n) is 5.55. The molecule has 1 heterocycles. The largest absolute Gasteiger partial charge is 0.480 e. The number of carbonyl (C=O) groups excluding carboxylic acids is 3. The number of aliphatic carboxylic acids is 1. The van der Waals surface area contributed by atoms with Crippen LogP contribution in [0.3, 0.4) is 0 Å². The lowest BCUT2D eigenvalue weighted by molar-refractivity contribution is -0.144. The molecule has 1 aliphatic heterocycles. The fourth-order valence-electron chi connectivity index (χ4n) is 3.48. The van der Waals surface area contributed by atoms with E-state index in [0.29, 0.717) is 44.5 Å². The number of nitrogens with one attached hydrogen (secondary N) is 2. The van der Waals surface area contributed by atoms with Gasteiger partial charge >= 0.3 is 12.1 Å². The van der Waals surface area contributed by atoms with Gasteiger partial charge in [0.15, 0.2) is 0 Å². The average molecular weight is 474 g/mol. The van der Waals surface area contributed by atoms with E-state index in [1.807, 2.05) is 13.2 Å². The predicted molar refractivity (Wildman–Crippen MR) is 124 cm³/mol. The van der Waals surface area contributed by atoms with Gasteiger partial charge in [-0.3, -0.25) is 9.59 Å². The van der Waals surface area contributed by atoms with Crippen molar-refractivity contribution in [1.29, 1.82) is 0 Å². The van der Waals surface area contributed by atoms with Crippen LogP contribution in [0.5, 0.6) is 0 Å². The van der Waals surface area contributed by atoms with Crippen molar-refractivity contribution in [3.8, 4) is 0 Å². The fraction of sp³-hybridized carbons (Fsp3) is 0.818. The first-order valence-electron chi connectivity index (χ1n) is 11.2. The monoisotopic (exact) mass is 473 g/mol. The average Bonchev–Trinajstić information content (AvgIpc) is 2.72. The standard InChI is InChI=1S/C22H39N3O6S/c1-7-14(2)17(20(28)29)24-18(26)15-8-11-25(12-9-15)19(27)16(10-13-32-6)23-21(30)31-22(3,4)5/h14-17H,7-13H2,1-6H3,(H,23,30)(H,24,26)(H,28,29)/t14-,16-,17-/m0/s1. The van der Waals surface area contributed by atoms with Gasteiger partial charge in [-0.2, -0.15) is 11.8 Å². The number of amides is 3. The highest BCUT2D eigenvalue weighted by atomic mass is 32.2. The van der Waals surface area contributed by atoms with Gasteiger partial charge in [-0.25, -0.2) is 9.59 Å². The Morgan fingerprint density at radius 1 is 1.16 bits per heavy atom. The van der Waals surface area contributed by atoms with Gasteiger partial charge in [0.05, 0.1) is 0 Å². The van der Waals surface area contributed by atoms with Crippen molar-refractivity contribution in [2.24, 2.45) is 11.8 Å². The Balaban J connectivity index is 2.69. The van der Waals surface area contributed by atoms with Gasteiger partial charge in [-0.1, -0.05) is 20.3 Å². The van der Waals surface area contributed by atoms with Gasteiger partial charge in [0.1, 0.15) is 17.7 Å². The molecule has 10 heteroatoms. The van der Waals surface area contributed by atoms with E-state index < -0.39 is 29.7 Å². The van der Waals surface area contributed by atoms with Crippen molar-refractivity contribution in [2.45, 2.75) is 78.0 Å². The fourth-order valence-corrected chi connectivity index (χ4v) is 3.95. The molecular weight excluding hydrogens is 434 g/mol. The summed E-state index contributed by atoms with van der Waals surface area (Å²) in [5, 5.41) is 14.7. The van der Waals surface area contributed by atoms with Crippen LogP contribution in [0.2, 0.25) is 0 Å². The molecule has 0 aromatic heterocycles. The SMILES string of the molecule is CC[C@H](C)[C@H](NC(=O)C1CCN(C(=O)[C@H](CCSC)NC(=O)OC(C)(C)C)CC1)C(=O)O. The second-order valence-corrected chi connectivity index (χ2v) is 10.3. The summed E-state index contributed by atoms with van der Waals surface area (Å²) in [6, 6.07) is -1.61. The molecule has 1 rings (SSSR count). The lowest BCUT2D eigenvalue weighted by atomic mass is 9.93. The molecule has 0 radical (unpaired) electrons. The summed E-state index contributed by atoms with van der Waals surface area (Å²) in [4.78, 5) is 51.0. The number of likely N-dealkylation sites (tertiary alicyclic amines) is 1. The normalized spacial score (nSPS) is 17.8. The van der Waals surface area contributed by atoms with Crippen molar-refractivity contribution in [3.05, 3.63) is 0 Å². The first kappa shape index (κ1) is 28.1. The van der Waals surface area contributed by atoms with Gasteiger partial charge in [0.25, 0.3) is 0 Å². The number of carboxylic acid groups (broad SMARTS) is 1. The Labute approximate surface area is 195 Å². The van der Waals surface area contributed by atoms with Gasteiger partial charge < -0.3 is 25.4 Å². The molecule has 184 valence electrons. The second kappa shape index (κ2) is 12.9. The summed E-state index contributed by atoms with van der Waals surface area (Å²) in [7, 11) is 0. The smallest absolute Gasteiger partial charge is 0.408 e.